The van der Waals surface area contributed by atoms with Gasteiger partial charge in [-0.2, -0.15) is 60.8 Å². The molecule has 0 aliphatic heterocycles. The summed E-state index contributed by atoms with van der Waals surface area (Å²) in [6.45, 7) is 27.1. The third kappa shape index (κ3) is 33.0. The Balaban J connectivity index is 0.000000196. The standard InChI is InChI=1S/C19H24FN3O3.C15H17FN4O2.C15H16FN3O3.C10H11F2NO2.C9H14N2O.C6H10Cl3NO.C6H3F2NO2/c1-18(2,3)26-17(24)13-5-6-14(21-16(13)20)23-11-7-15(22-23)25-12-10-19(4)8-9-19;1-15(5-6-15)7-9-22-12-4-8-20(19-12)11-3-2-10(14(17)21)13(16)18-11;1-15(5-6-15)7-9-22-12-4-8-19(18-12)11-3-2-10(14(20)21)13(16)17-11;1-10(2,3)15-9(14)6-4-5-7(11)13-8(6)12;1-9(3-4-9)5-7-12-8-2-6-10-11-8;1-5(2,3)11-4(10)6(7,8)9;7-4-2-1-3(6(10)11)5(8)9-4/h5-7,11H,8-10,12H2,1-4H3;2-4,8H,5-7,9H2,1H3,(H2,17,21);2-4,8H,5-7,9H2,1H3,(H,20,21);4-5H,1-3H3;2,6H,3-5,7H2,1H3,(H,10,11);10H,1-3H3;1-2H,(H,10,11). The molecular formula is C80H95Cl3F7N15O14. The van der Waals surface area contributed by atoms with Crippen LogP contribution in [0.1, 0.15) is 219 Å². The summed E-state index contributed by atoms with van der Waals surface area (Å²) in [6.07, 6.45) is 20.9. The lowest BCUT2D eigenvalue weighted by Gasteiger charge is -2.24. The van der Waals surface area contributed by atoms with Crippen LogP contribution < -0.4 is 24.7 Å². The van der Waals surface area contributed by atoms with Crippen LogP contribution in [0.5, 0.6) is 23.5 Å². The first kappa shape index (κ1) is 95.1. The van der Waals surface area contributed by atoms with Crippen molar-refractivity contribution < 1.29 is 98.1 Å². The molecule has 4 saturated carbocycles. The summed E-state index contributed by atoms with van der Waals surface area (Å²) < 4.78 is 131. The third-order valence-electron chi connectivity index (χ3n) is 17.9. The van der Waals surface area contributed by atoms with E-state index in [9.17, 15) is 54.7 Å². The summed E-state index contributed by atoms with van der Waals surface area (Å²) in [5.74, 6) is -10.1. The van der Waals surface area contributed by atoms with Crippen LogP contribution in [0, 0.1) is 68.7 Å². The van der Waals surface area contributed by atoms with Crippen molar-refractivity contribution in [2.24, 2.45) is 27.4 Å². The molecule has 0 radical (unpaired) electrons. The van der Waals surface area contributed by atoms with Gasteiger partial charge in [0, 0.05) is 42.9 Å². The molecule has 4 aliphatic rings. The Hall–Kier alpha value is -11.0. The van der Waals surface area contributed by atoms with Crippen molar-refractivity contribution in [1.82, 2.24) is 64.5 Å². The van der Waals surface area contributed by atoms with Crippen molar-refractivity contribution in [3.8, 4) is 41.0 Å². The minimum absolute atomic E-state index is 0.200. The van der Waals surface area contributed by atoms with Crippen LogP contribution in [0.25, 0.3) is 17.5 Å². The van der Waals surface area contributed by atoms with Crippen LogP contribution in [0.2, 0.25) is 0 Å². The van der Waals surface area contributed by atoms with E-state index < -0.39 is 103 Å². The van der Waals surface area contributed by atoms with Crippen molar-refractivity contribution in [1.29, 1.82) is 5.41 Å². The van der Waals surface area contributed by atoms with Gasteiger partial charge >= 0.3 is 23.9 Å². The maximum Gasteiger partial charge on any atom is 0.343 e. The molecule has 0 atom stereocenters. The van der Waals surface area contributed by atoms with Crippen LogP contribution in [-0.4, -0.2) is 157 Å². The summed E-state index contributed by atoms with van der Waals surface area (Å²) in [5, 5.41) is 43.4. The van der Waals surface area contributed by atoms with Gasteiger partial charge in [0.2, 0.25) is 71.1 Å². The maximum atomic E-state index is 14.2. The second kappa shape index (κ2) is 40.6. The molecule has 644 valence electrons. The molecule has 0 spiro atoms. The first-order valence-corrected chi connectivity index (χ1v) is 38.4. The van der Waals surface area contributed by atoms with E-state index in [1.807, 2.05) is 6.07 Å². The normalized spacial score (nSPS) is 14.6. The van der Waals surface area contributed by atoms with E-state index >= 15 is 0 Å². The molecule has 4 aliphatic carbocycles. The zero-order valence-corrected chi connectivity index (χ0v) is 70.0. The van der Waals surface area contributed by atoms with E-state index in [4.69, 9.17) is 89.3 Å². The number of halogens is 10. The first-order chi connectivity index (χ1) is 55.4. The minimum Gasteiger partial charge on any atom is -0.478 e. The molecule has 13 rings (SSSR count). The number of rotatable bonds is 24. The summed E-state index contributed by atoms with van der Waals surface area (Å²) in [5.41, 5.74) is 3.05. The molecule has 29 nitrogen and oxygen atoms in total. The van der Waals surface area contributed by atoms with Crippen molar-refractivity contribution in [3.05, 3.63) is 179 Å². The Morgan fingerprint density at radius 2 is 0.731 bits per heavy atom. The molecule has 0 saturated heterocycles. The van der Waals surface area contributed by atoms with Crippen molar-refractivity contribution in [2.75, 3.05) is 26.4 Å². The number of pyridine rings is 5. The SMILES string of the molecule is CC(C)(C)OC(=N)C(Cl)(Cl)Cl.CC(C)(C)OC(=O)c1ccc(F)nc1F.CC1(CCOc2ccn(-c3ccc(C(=O)O)c(F)n3)n2)CC1.CC1(CCOc2ccn(-c3ccc(C(=O)OC(C)(C)C)c(F)n3)n2)CC1.CC1(CCOc2ccn(-c3ccc(C(N)=O)c(F)n3)n2)CC1.CC1(CCOc2ccn[nH]2)CC1.O=C(O)c1ccc(F)nc1F. The molecule has 0 unspecified atom stereocenters. The van der Waals surface area contributed by atoms with Crippen molar-refractivity contribution >= 4 is 70.5 Å². The Morgan fingerprint density at radius 1 is 0.437 bits per heavy atom. The second-order valence-electron chi connectivity index (χ2n) is 32.3. The van der Waals surface area contributed by atoms with E-state index in [-0.39, 0.29) is 40.0 Å². The fourth-order valence-electron chi connectivity index (χ4n) is 9.64. The number of amides is 1. The van der Waals surface area contributed by atoms with E-state index in [2.05, 4.69) is 78.1 Å². The third-order valence-corrected chi connectivity index (χ3v) is 18.4. The lowest BCUT2D eigenvalue weighted by atomic mass is 10.1. The number of carbonyl (C=O) groups is 5. The van der Waals surface area contributed by atoms with Crippen molar-refractivity contribution in [2.45, 2.75) is 188 Å². The number of ether oxygens (including phenoxy) is 7. The van der Waals surface area contributed by atoms with Gasteiger partial charge in [0.1, 0.15) is 39.1 Å². The number of hydrogen-bond donors (Lipinski definition) is 5. The fourth-order valence-corrected chi connectivity index (χ4v) is 9.76. The number of carbonyl (C=O) groups excluding carboxylic acids is 3. The van der Waals surface area contributed by atoms with Gasteiger partial charge in [0.05, 0.1) is 38.2 Å². The van der Waals surface area contributed by atoms with E-state index in [0.29, 0.717) is 59.1 Å². The number of alkyl halides is 3. The van der Waals surface area contributed by atoms with Crippen LogP contribution in [0.4, 0.5) is 30.7 Å². The number of aromatic nitrogens is 13. The van der Waals surface area contributed by atoms with Crippen molar-refractivity contribution in [3.63, 3.8) is 0 Å². The molecule has 9 aromatic rings. The van der Waals surface area contributed by atoms with Gasteiger partial charge in [-0.25, -0.2) is 38.3 Å². The highest BCUT2D eigenvalue weighted by atomic mass is 35.6. The summed E-state index contributed by atoms with van der Waals surface area (Å²) in [4.78, 5) is 71.9. The number of primary amides is 1. The molecule has 0 aromatic carbocycles. The topological polar surface area (TPSA) is 387 Å². The van der Waals surface area contributed by atoms with Gasteiger partial charge in [-0.15, -0.1) is 15.3 Å². The number of carboxylic acids is 2. The van der Waals surface area contributed by atoms with Gasteiger partial charge in [-0.3, -0.25) is 10.2 Å². The molecule has 9 aromatic heterocycles. The Bertz CT molecular complexity index is 4830. The molecule has 119 heavy (non-hydrogen) atoms. The van der Waals surface area contributed by atoms with Gasteiger partial charge < -0.3 is 49.1 Å². The largest absolute Gasteiger partial charge is 0.478 e. The van der Waals surface area contributed by atoms with Crippen LogP contribution >= 0.6 is 34.8 Å². The number of aromatic carboxylic acids is 2. The van der Waals surface area contributed by atoms with Gasteiger partial charge in [0.15, 0.2) is 17.5 Å². The highest BCUT2D eigenvalue weighted by Gasteiger charge is 2.40. The summed E-state index contributed by atoms with van der Waals surface area (Å²) in [6, 6.07) is 18.6. The minimum atomic E-state index is -1.76. The number of nitrogens with one attached hydrogen (secondary N) is 2. The van der Waals surface area contributed by atoms with Gasteiger partial charge in [-0.1, -0.05) is 62.5 Å². The smallest absolute Gasteiger partial charge is 0.343 e. The predicted octanol–water partition coefficient (Wildman–Crippen LogP) is 17.2. The Labute approximate surface area is 696 Å². The molecule has 9 heterocycles. The zero-order chi connectivity index (χ0) is 88.2. The van der Waals surface area contributed by atoms with E-state index in [0.717, 1.165) is 68.5 Å². The maximum absolute atomic E-state index is 14.2. The summed E-state index contributed by atoms with van der Waals surface area (Å²) >= 11 is 16.1. The number of hydrogen-bond acceptors (Lipinski definition) is 22. The average Bonchev–Trinajstić information content (AvgIpc) is 1.69. The molecule has 1 amide bonds. The second-order valence-corrected chi connectivity index (χ2v) is 34.6. The monoisotopic (exact) mass is 1730 g/mol. The lowest BCUT2D eigenvalue weighted by Crippen LogP contribution is -2.31. The molecule has 39 heteroatoms. The number of H-pyrrole nitrogens is 1. The Morgan fingerprint density at radius 3 is 0.992 bits per heavy atom. The Kier molecular flexibility index (Phi) is 32.5. The predicted molar refractivity (Wildman–Crippen MR) is 422 cm³/mol. The van der Waals surface area contributed by atoms with Gasteiger partial charge in [0.25, 0.3) is 9.70 Å². The highest BCUT2D eigenvalue weighted by Crippen LogP contribution is 2.50. The van der Waals surface area contributed by atoms with Crippen LogP contribution in [-0.2, 0) is 14.2 Å². The van der Waals surface area contributed by atoms with Gasteiger partial charge in [-0.05, 0) is 222 Å². The highest BCUT2D eigenvalue weighted by molar-refractivity contribution is 6.76. The summed E-state index contributed by atoms with van der Waals surface area (Å²) in [7, 11) is 0. The number of nitrogens with two attached hydrogens (primary N) is 1. The van der Waals surface area contributed by atoms with E-state index in [1.165, 1.54) is 95.7 Å². The lowest BCUT2D eigenvalue weighted by molar-refractivity contribution is 0.00505. The first-order valence-electron chi connectivity index (χ1n) is 37.3. The molecule has 6 N–H and O–H groups in total. The fraction of sp³-hybridized carbons (Fsp3) is 0.463. The van der Waals surface area contributed by atoms with E-state index in [1.54, 1.807) is 105 Å². The number of nitrogens with zero attached hydrogens (tertiary/aromatic N) is 12. The van der Waals surface area contributed by atoms with Crippen LogP contribution in [0.3, 0.4) is 0 Å². The number of aromatic amines is 1. The number of carboxylic acid groups (broad SMARTS) is 2. The molecular weight excluding hydrogens is 1630 g/mol. The average molecular weight is 1730 g/mol. The zero-order valence-electron chi connectivity index (χ0n) is 67.7. The number of esters is 2. The molecule has 0 bridgehead atoms. The van der Waals surface area contributed by atoms with Crippen LogP contribution in [0.15, 0.2) is 110 Å². The molecule has 4 fully saturated rings. The quantitative estimate of drug-likeness (QED) is 0.00936.